The molecule has 0 atom stereocenters. The standard InChI is InChI=1S/C16H25NO3S/c1-7-12-10-8-9-11-13(12)15(2,3)16(4,5)14(18)17-21(6,19)20/h8-11H,7H2,1-6H3,(H,17,18). The Hall–Kier alpha value is -1.36. The normalized spacial score (nSPS) is 13.0. The van der Waals surface area contributed by atoms with Gasteiger partial charge in [-0.05, 0) is 17.5 Å². The van der Waals surface area contributed by atoms with E-state index in [0.717, 1.165) is 18.2 Å². The Morgan fingerprint density at radius 3 is 2.14 bits per heavy atom. The van der Waals surface area contributed by atoms with E-state index in [2.05, 4.69) is 11.6 Å². The van der Waals surface area contributed by atoms with Crippen molar-refractivity contribution >= 4 is 15.9 Å². The molecule has 0 aromatic heterocycles. The number of rotatable bonds is 5. The minimum atomic E-state index is -3.56. The minimum absolute atomic E-state index is 0.485. The first-order chi connectivity index (χ1) is 9.43. The van der Waals surface area contributed by atoms with E-state index < -0.39 is 26.8 Å². The van der Waals surface area contributed by atoms with Crippen molar-refractivity contribution in [2.75, 3.05) is 6.26 Å². The van der Waals surface area contributed by atoms with Crippen LogP contribution in [0.3, 0.4) is 0 Å². The minimum Gasteiger partial charge on any atom is -0.273 e. The maximum atomic E-state index is 12.4. The zero-order valence-corrected chi connectivity index (χ0v) is 14.5. The second kappa shape index (κ2) is 5.79. The Morgan fingerprint density at radius 2 is 1.67 bits per heavy atom. The molecule has 1 amide bonds. The molecule has 5 heteroatoms. The van der Waals surface area contributed by atoms with Gasteiger partial charge in [-0.15, -0.1) is 0 Å². The second-order valence-corrected chi connectivity index (χ2v) is 8.21. The van der Waals surface area contributed by atoms with Crippen molar-refractivity contribution in [2.45, 2.75) is 46.5 Å². The van der Waals surface area contributed by atoms with E-state index in [1.165, 1.54) is 5.56 Å². The Morgan fingerprint density at radius 1 is 1.14 bits per heavy atom. The number of carbonyl (C=O) groups excluding carboxylic acids is 1. The van der Waals surface area contributed by atoms with Gasteiger partial charge in [0.25, 0.3) is 0 Å². The molecule has 0 fully saturated rings. The van der Waals surface area contributed by atoms with Gasteiger partial charge < -0.3 is 0 Å². The maximum Gasteiger partial charge on any atom is 0.239 e. The van der Waals surface area contributed by atoms with Crippen LogP contribution in [0.5, 0.6) is 0 Å². The van der Waals surface area contributed by atoms with Crippen molar-refractivity contribution in [3.05, 3.63) is 35.4 Å². The molecule has 1 rings (SSSR count). The summed E-state index contributed by atoms with van der Waals surface area (Å²) in [7, 11) is -3.56. The van der Waals surface area contributed by atoms with Gasteiger partial charge in [0.2, 0.25) is 15.9 Å². The summed E-state index contributed by atoms with van der Waals surface area (Å²) in [5, 5.41) is 0. The smallest absolute Gasteiger partial charge is 0.239 e. The quantitative estimate of drug-likeness (QED) is 0.909. The van der Waals surface area contributed by atoms with Gasteiger partial charge in [-0.3, -0.25) is 9.52 Å². The summed E-state index contributed by atoms with van der Waals surface area (Å²) in [5.74, 6) is -0.485. The van der Waals surface area contributed by atoms with E-state index in [-0.39, 0.29) is 0 Å². The molecule has 0 spiro atoms. The molecular weight excluding hydrogens is 286 g/mol. The highest BCUT2D eigenvalue weighted by Crippen LogP contribution is 2.43. The predicted octanol–water partition coefficient (Wildman–Crippen LogP) is 2.63. The molecule has 1 aromatic rings. The number of aryl methyl sites for hydroxylation is 1. The van der Waals surface area contributed by atoms with Crippen LogP contribution in [0.25, 0.3) is 0 Å². The van der Waals surface area contributed by atoms with Crippen LogP contribution in [0, 0.1) is 5.41 Å². The SMILES string of the molecule is CCc1ccccc1C(C)(C)C(C)(C)C(=O)NS(C)(=O)=O. The van der Waals surface area contributed by atoms with Crippen LogP contribution in [0.4, 0.5) is 0 Å². The summed E-state index contributed by atoms with van der Waals surface area (Å²) < 4.78 is 24.8. The molecule has 0 aliphatic rings. The molecule has 21 heavy (non-hydrogen) atoms. The highest BCUT2D eigenvalue weighted by atomic mass is 32.2. The van der Waals surface area contributed by atoms with Gasteiger partial charge >= 0.3 is 0 Å². The highest BCUT2D eigenvalue weighted by Gasteiger charge is 2.45. The second-order valence-electron chi connectivity index (χ2n) is 6.46. The lowest BCUT2D eigenvalue weighted by molar-refractivity contribution is -0.130. The molecule has 1 aromatic carbocycles. The van der Waals surface area contributed by atoms with Crippen molar-refractivity contribution in [3.63, 3.8) is 0 Å². The number of hydrogen-bond acceptors (Lipinski definition) is 3. The fourth-order valence-electron chi connectivity index (χ4n) is 2.35. The van der Waals surface area contributed by atoms with E-state index in [1.54, 1.807) is 13.8 Å². The summed E-state index contributed by atoms with van der Waals surface area (Å²) in [6.45, 7) is 9.57. The Bertz CT molecular complexity index is 631. The number of hydrogen-bond donors (Lipinski definition) is 1. The molecule has 1 N–H and O–H groups in total. The number of sulfonamides is 1. The fraction of sp³-hybridized carbons (Fsp3) is 0.562. The molecule has 0 aliphatic heterocycles. The molecule has 118 valence electrons. The molecule has 4 nitrogen and oxygen atoms in total. The van der Waals surface area contributed by atoms with Gasteiger partial charge in [0.1, 0.15) is 0 Å². The summed E-state index contributed by atoms with van der Waals surface area (Å²) in [6, 6.07) is 7.97. The van der Waals surface area contributed by atoms with Gasteiger partial charge in [-0.25, -0.2) is 8.42 Å². The fourth-order valence-corrected chi connectivity index (χ4v) is 2.95. The van der Waals surface area contributed by atoms with Crippen LogP contribution in [-0.4, -0.2) is 20.6 Å². The van der Waals surface area contributed by atoms with Crippen molar-refractivity contribution in [2.24, 2.45) is 5.41 Å². The molecule has 0 saturated heterocycles. The Balaban J connectivity index is 3.30. The number of carbonyl (C=O) groups is 1. The third kappa shape index (κ3) is 3.64. The first-order valence-corrected chi connectivity index (χ1v) is 8.93. The lowest BCUT2D eigenvalue weighted by Gasteiger charge is -2.41. The molecule has 0 saturated carbocycles. The van der Waals surface area contributed by atoms with Gasteiger partial charge in [-0.2, -0.15) is 0 Å². The van der Waals surface area contributed by atoms with E-state index in [4.69, 9.17) is 0 Å². The Labute approximate surface area is 128 Å². The first-order valence-electron chi connectivity index (χ1n) is 7.04. The lowest BCUT2D eigenvalue weighted by Crippen LogP contribution is -2.50. The van der Waals surface area contributed by atoms with Gasteiger partial charge in [0.15, 0.2) is 0 Å². The predicted molar refractivity (Wildman–Crippen MR) is 85.6 cm³/mol. The van der Waals surface area contributed by atoms with Crippen molar-refractivity contribution < 1.29 is 13.2 Å². The average molecular weight is 311 g/mol. The van der Waals surface area contributed by atoms with Crippen molar-refractivity contribution in [3.8, 4) is 0 Å². The third-order valence-electron chi connectivity index (χ3n) is 4.48. The van der Waals surface area contributed by atoms with Crippen molar-refractivity contribution in [1.82, 2.24) is 4.72 Å². The molecule has 0 radical (unpaired) electrons. The van der Waals surface area contributed by atoms with Crippen LogP contribution in [-0.2, 0) is 26.7 Å². The molecule has 0 unspecified atom stereocenters. The number of amides is 1. The molecule has 0 bridgehead atoms. The van der Waals surface area contributed by atoms with E-state index >= 15 is 0 Å². The zero-order valence-electron chi connectivity index (χ0n) is 13.6. The van der Waals surface area contributed by atoms with Crippen LogP contribution in [0.1, 0.15) is 45.7 Å². The summed E-state index contributed by atoms with van der Waals surface area (Å²) in [6.07, 6.45) is 1.86. The average Bonchev–Trinajstić information content (AvgIpc) is 2.36. The number of benzene rings is 1. The van der Waals surface area contributed by atoms with Crippen LogP contribution < -0.4 is 4.72 Å². The summed E-state index contributed by atoms with van der Waals surface area (Å²) in [5.41, 5.74) is 0.860. The summed E-state index contributed by atoms with van der Waals surface area (Å²) in [4.78, 5) is 12.4. The highest BCUT2D eigenvalue weighted by molar-refractivity contribution is 7.89. The van der Waals surface area contributed by atoms with Crippen LogP contribution >= 0.6 is 0 Å². The molecule has 0 heterocycles. The van der Waals surface area contributed by atoms with Crippen LogP contribution in [0.15, 0.2) is 24.3 Å². The van der Waals surface area contributed by atoms with E-state index in [0.29, 0.717) is 0 Å². The zero-order chi connectivity index (χ0) is 16.5. The third-order valence-corrected chi connectivity index (χ3v) is 5.04. The Kier molecular flexibility index (Phi) is 4.88. The first kappa shape index (κ1) is 17.7. The summed E-state index contributed by atoms with van der Waals surface area (Å²) >= 11 is 0. The number of nitrogens with one attached hydrogen (secondary N) is 1. The van der Waals surface area contributed by atoms with Gasteiger partial charge in [0.05, 0.1) is 11.7 Å². The lowest BCUT2D eigenvalue weighted by atomic mass is 9.62. The van der Waals surface area contributed by atoms with Crippen LogP contribution in [0.2, 0.25) is 0 Å². The molecule has 0 aliphatic carbocycles. The monoisotopic (exact) mass is 311 g/mol. The largest absolute Gasteiger partial charge is 0.273 e. The van der Waals surface area contributed by atoms with Gasteiger partial charge in [0, 0.05) is 5.41 Å². The maximum absolute atomic E-state index is 12.4. The topological polar surface area (TPSA) is 63.2 Å². The van der Waals surface area contributed by atoms with E-state index in [9.17, 15) is 13.2 Å². The van der Waals surface area contributed by atoms with E-state index in [1.807, 2.05) is 38.1 Å². The molecular formula is C16H25NO3S. The van der Waals surface area contributed by atoms with Gasteiger partial charge in [-0.1, -0.05) is 58.9 Å². The van der Waals surface area contributed by atoms with Crippen molar-refractivity contribution in [1.29, 1.82) is 0 Å².